The Kier molecular flexibility index (Phi) is 4.80. The van der Waals surface area contributed by atoms with E-state index in [1.165, 1.54) is 12.1 Å². The smallest absolute Gasteiger partial charge is 0.311 e. The number of halogens is 1. The molecule has 2 aromatic carbocycles. The third-order valence-corrected chi connectivity index (χ3v) is 3.68. The highest BCUT2D eigenvalue weighted by Gasteiger charge is 2.16. The van der Waals surface area contributed by atoms with E-state index >= 15 is 0 Å². The topological polar surface area (TPSA) is 61.6 Å². The van der Waals surface area contributed by atoms with Gasteiger partial charge in [0.05, 0.1) is 11.5 Å². The van der Waals surface area contributed by atoms with E-state index in [2.05, 4.69) is 15.9 Å². The SMILES string of the molecule is CCOc1cc(Oc2ccc(Br)c(C)c2)ccc1[N+](=O)[O-]. The molecule has 0 aliphatic rings. The summed E-state index contributed by atoms with van der Waals surface area (Å²) in [7, 11) is 0. The van der Waals surface area contributed by atoms with Gasteiger partial charge in [0.15, 0.2) is 0 Å². The summed E-state index contributed by atoms with van der Waals surface area (Å²) in [6.07, 6.45) is 0. The molecule has 0 saturated carbocycles. The van der Waals surface area contributed by atoms with E-state index < -0.39 is 4.92 Å². The van der Waals surface area contributed by atoms with Gasteiger partial charge in [0, 0.05) is 16.6 Å². The Morgan fingerprint density at radius 2 is 1.86 bits per heavy atom. The Morgan fingerprint density at radius 1 is 1.19 bits per heavy atom. The molecular weight excluding hydrogens is 338 g/mol. The monoisotopic (exact) mass is 351 g/mol. The standard InChI is InChI=1S/C15H14BrNO4/c1-3-20-15-9-12(5-7-14(15)17(18)19)21-11-4-6-13(16)10(2)8-11/h4-9H,3H2,1-2H3. The van der Waals surface area contributed by atoms with Crippen molar-refractivity contribution < 1.29 is 14.4 Å². The fourth-order valence-electron chi connectivity index (χ4n) is 1.80. The van der Waals surface area contributed by atoms with Crippen LogP contribution in [0.5, 0.6) is 17.2 Å². The number of nitro benzene ring substituents is 1. The summed E-state index contributed by atoms with van der Waals surface area (Å²) < 4.78 is 12.0. The molecular formula is C15H14BrNO4. The summed E-state index contributed by atoms with van der Waals surface area (Å²) >= 11 is 3.42. The molecule has 5 nitrogen and oxygen atoms in total. The first kappa shape index (κ1) is 15.3. The third kappa shape index (κ3) is 3.72. The van der Waals surface area contributed by atoms with Crippen molar-refractivity contribution in [1.29, 1.82) is 0 Å². The van der Waals surface area contributed by atoms with E-state index in [0.717, 1.165) is 10.0 Å². The summed E-state index contributed by atoms with van der Waals surface area (Å²) in [6.45, 7) is 4.08. The first-order valence-corrected chi connectivity index (χ1v) is 7.15. The summed E-state index contributed by atoms with van der Waals surface area (Å²) in [6, 6.07) is 10.0. The van der Waals surface area contributed by atoms with Crippen LogP contribution >= 0.6 is 15.9 Å². The molecule has 0 bridgehead atoms. The number of rotatable bonds is 5. The number of ether oxygens (including phenoxy) is 2. The number of nitro groups is 1. The minimum atomic E-state index is -0.474. The van der Waals surface area contributed by atoms with Gasteiger partial charge in [0.25, 0.3) is 0 Å². The lowest BCUT2D eigenvalue weighted by Crippen LogP contribution is -1.98. The molecule has 0 aliphatic carbocycles. The Labute approximate surface area is 130 Å². The molecule has 0 amide bonds. The van der Waals surface area contributed by atoms with E-state index in [1.54, 1.807) is 13.0 Å². The molecule has 110 valence electrons. The second-order valence-corrected chi connectivity index (χ2v) is 5.19. The molecule has 0 aromatic heterocycles. The molecule has 0 heterocycles. The van der Waals surface area contributed by atoms with Crippen molar-refractivity contribution in [2.24, 2.45) is 0 Å². The van der Waals surface area contributed by atoms with Gasteiger partial charge in [-0.05, 0) is 43.7 Å². The van der Waals surface area contributed by atoms with Gasteiger partial charge in [-0.2, -0.15) is 0 Å². The molecule has 6 heteroatoms. The van der Waals surface area contributed by atoms with Gasteiger partial charge in [0.2, 0.25) is 5.75 Å². The van der Waals surface area contributed by atoms with Crippen molar-refractivity contribution in [2.45, 2.75) is 13.8 Å². The van der Waals surface area contributed by atoms with Crippen molar-refractivity contribution in [3.8, 4) is 17.2 Å². The predicted octanol–water partition coefficient (Wildman–Crippen LogP) is 4.86. The summed E-state index contributed by atoms with van der Waals surface area (Å²) in [5, 5.41) is 10.9. The molecule has 0 radical (unpaired) electrons. The Balaban J connectivity index is 2.29. The minimum Gasteiger partial charge on any atom is -0.487 e. The molecule has 2 rings (SSSR count). The predicted molar refractivity (Wildman–Crippen MR) is 83.2 cm³/mol. The van der Waals surface area contributed by atoms with Crippen LogP contribution in [-0.2, 0) is 0 Å². The van der Waals surface area contributed by atoms with Crippen LogP contribution < -0.4 is 9.47 Å². The first-order valence-electron chi connectivity index (χ1n) is 6.36. The van der Waals surface area contributed by atoms with Gasteiger partial charge in [-0.15, -0.1) is 0 Å². The lowest BCUT2D eigenvalue weighted by atomic mass is 10.2. The zero-order valence-corrected chi connectivity index (χ0v) is 13.2. The number of hydrogen-bond acceptors (Lipinski definition) is 4. The van der Waals surface area contributed by atoms with E-state index in [4.69, 9.17) is 9.47 Å². The molecule has 21 heavy (non-hydrogen) atoms. The molecule has 0 aliphatic heterocycles. The van der Waals surface area contributed by atoms with E-state index in [0.29, 0.717) is 18.1 Å². The van der Waals surface area contributed by atoms with E-state index in [1.807, 2.05) is 25.1 Å². The Hall–Kier alpha value is -2.08. The number of aryl methyl sites for hydroxylation is 1. The van der Waals surface area contributed by atoms with Crippen LogP contribution in [0.1, 0.15) is 12.5 Å². The van der Waals surface area contributed by atoms with Crippen molar-refractivity contribution in [2.75, 3.05) is 6.61 Å². The van der Waals surface area contributed by atoms with Crippen LogP contribution in [0, 0.1) is 17.0 Å². The zero-order chi connectivity index (χ0) is 15.4. The maximum Gasteiger partial charge on any atom is 0.311 e. The average Bonchev–Trinajstić information content (AvgIpc) is 2.43. The normalized spacial score (nSPS) is 10.2. The first-order chi connectivity index (χ1) is 10.0. The summed E-state index contributed by atoms with van der Waals surface area (Å²) in [4.78, 5) is 10.5. The Bertz CT molecular complexity index is 673. The van der Waals surface area contributed by atoms with Gasteiger partial charge in [-0.1, -0.05) is 15.9 Å². The van der Waals surface area contributed by atoms with Crippen molar-refractivity contribution >= 4 is 21.6 Å². The van der Waals surface area contributed by atoms with Crippen molar-refractivity contribution in [1.82, 2.24) is 0 Å². The largest absolute Gasteiger partial charge is 0.487 e. The molecule has 0 N–H and O–H groups in total. The third-order valence-electron chi connectivity index (χ3n) is 2.79. The molecule has 0 saturated heterocycles. The molecule has 0 fully saturated rings. The zero-order valence-electron chi connectivity index (χ0n) is 11.6. The fourth-order valence-corrected chi connectivity index (χ4v) is 2.04. The van der Waals surface area contributed by atoms with Crippen LogP contribution in [-0.4, -0.2) is 11.5 Å². The van der Waals surface area contributed by atoms with Crippen LogP contribution in [0.3, 0.4) is 0 Å². The summed E-state index contributed by atoms with van der Waals surface area (Å²) in [5.74, 6) is 1.35. The molecule has 0 unspecified atom stereocenters. The Morgan fingerprint density at radius 3 is 2.48 bits per heavy atom. The van der Waals surface area contributed by atoms with E-state index in [-0.39, 0.29) is 11.4 Å². The fraction of sp³-hybridized carbons (Fsp3) is 0.200. The molecule has 2 aromatic rings. The minimum absolute atomic E-state index is 0.0730. The maximum absolute atomic E-state index is 10.9. The number of hydrogen-bond donors (Lipinski definition) is 0. The van der Waals surface area contributed by atoms with Gasteiger partial charge < -0.3 is 9.47 Å². The summed E-state index contributed by atoms with van der Waals surface area (Å²) in [5.41, 5.74) is 0.968. The second-order valence-electron chi connectivity index (χ2n) is 4.33. The molecule has 0 atom stereocenters. The van der Waals surface area contributed by atoms with Crippen LogP contribution in [0.4, 0.5) is 5.69 Å². The highest BCUT2D eigenvalue weighted by atomic mass is 79.9. The number of benzene rings is 2. The second kappa shape index (κ2) is 6.58. The number of nitrogens with zero attached hydrogens (tertiary/aromatic N) is 1. The van der Waals surface area contributed by atoms with Crippen LogP contribution in [0.15, 0.2) is 40.9 Å². The maximum atomic E-state index is 10.9. The quantitative estimate of drug-likeness (QED) is 0.570. The van der Waals surface area contributed by atoms with Gasteiger partial charge >= 0.3 is 5.69 Å². The van der Waals surface area contributed by atoms with Crippen LogP contribution in [0.25, 0.3) is 0 Å². The highest BCUT2D eigenvalue weighted by molar-refractivity contribution is 9.10. The highest BCUT2D eigenvalue weighted by Crippen LogP contribution is 2.34. The van der Waals surface area contributed by atoms with Crippen molar-refractivity contribution in [3.05, 3.63) is 56.5 Å². The molecule has 0 spiro atoms. The van der Waals surface area contributed by atoms with Gasteiger partial charge in [-0.3, -0.25) is 10.1 Å². The van der Waals surface area contributed by atoms with Gasteiger partial charge in [-0.25, -0.2) is 0 Å². The van der Waals surface area contributed by atoms with Gasteiger partial charge in [0.1, 0.15) is 11.5 Å². The lowest BCUT2D eigenvalue weighted by Gasteiger charge is -2.09. The van der Waals surface area contributed by atoms with Crippen molar-refractivity contribution in [3.63, 3.8) is 0 Å². The average molecular weight is 352 g/mol. The van der Waals surface area contributed by atoms with E-state index in [9.17, 15) is 10.1 Å². The van der Waals surface area contributed by atoms with Crippen LogP contribution in [0.2, 0.25) is 0 Å². The lowest BCUT2D eigenvalue weighted by molar-refractivity contribution is -0.385.